The molecule has 0 spiro atoms. The number of carboxylic acids is 1. The molecule has 1 N–H and O–H groups in total. The maximum absolute atomic E-state index is 11.0. The van der Waals surface area contributed by atoms with Gasteiger partial charge in [0.25, 0.3) is 0 Å². The summed E-state index contributed by atoms with van der Waals surface area (Å²) in [6.07, 6.45) is 0. The van der Waals surface area contributed by atoms with Crippen molar-refractivity contribution in [3.8, 4) is 16.3 Å². The van der Waals surface area contributed by atoms with Crippen LogP contribution in [0.4, 0.5) is 0 Å². The van der Waals surface area contributed by atoms with E-state index in [-0.39, 0.29) is 5.69 Å². The van der Waals surface area contributed by atoms with Gasteiger partial charge in [-0.3, -0.25) is 0 Å². The average Bonchev–Trinajstić information content (AvgIpc) is 3.02. The van der Waals surface area contributed by atoms with Crippen molar-refractivity contribution in [3.63, 3.8) is 0 Å². The molecule has 0 saturated carbocycles. The van der Waals surface area contributed by atoms with Gasteiger partial charge in [-0.05, 0) is 25.2 Å². The van der Waals surface area contributed by atoms with Crippen LogP contribution in [0.5, 0.6) is 5.75 Å². The first kappa shape index (κ1) is 16.5. The molecule has 0 radical (unpaired) electrons. The maximum Gasteiger partial charge on any atom is 0.355 e. The SMILES string of the molecule is CCN(CC)CCOc1ccccc1-c1nc(C(=O)O)cs1. The van der Waals surface area contributed by atoms with Gasteiger partial charge in [0.05, 0.1) is 5.56 Å². The fourth-order valence-corrected chi connectivity index (χ4v) is 2.91. The summed E-state index contributed by atoms with van der Waals surface area (Å²) in [5.74, 6) is -0.275. The molecular weight excluding hydrogens is 300 g/mol. The third-order valence-corrected chi connectivity index (χ3v) is 4.28. The van der Waals surface area contributed by atoms with Gasteiger partial charge in [-0.2, -0.15) is 0 Å². The Morgan fingerprint density at radius 1 is 1.32 bits per heavy atom. The van der Waals surface area contributed by atoms with Crippen LogP contribution in [0.25, 0.3) is 10.6 Å². The third-order valence-electron chi connectivity index (χ3n) is 3.40. The number of nitrogens with zero attached hydrogens (tertiary/aromatic N) is 2. The van der Waals surface area contributed by atoms with Crippen LogP contribution in [0.3, 0.4) is 0 Å². The van der Waals surface area contributed by atoms with E-state index in [1.165, 1.54) is 11.3 Å². The molecule has 0 aliphatic rings. The van der Waals surface area contributed by atoms with E-state index >= 15 is 0 Å². The summed E-state index contributed by atoms with van der Waals surface area (Å²) in [6, 6.07) is 7.59. The number of para-hydroxylation sites is 1. The van der Waals surface area contributed by atoms with Gasteiger partial charge in [0.2, 0.25) is 0 Å². The summed E-state index contributed by atoms with van der Waals surface area (Å²) in [5, 5.41) is 11.2. The zero-order valence-electron chi connectivity index (χ0n) is 12.8. The summed E-state index contributed by atoms with van der Waals surface area (Å²) in [6.45, 7) is 7.70. The van der Waals surface area contributed by atoms with E-state index in [9.17, 15) is 4.79 Å². The standard InChI is InChI=1S/C16H20N2O3S/c1-3-18(4-2)9-10-21-14-8-6-5-7-12(14)15-17-13(11-22-15)16(19)20/h5-8,11H,3-4,9-10H2,1-2H3,(H,19,20). The van der Waals surface area contributed by atoms with Gasteiger partial charge in [-0.25, -0.2) is 9.78 Å². The Morgan fingerprint density at radius 3 is 2.68 bits per heavy atom. The van der Waals surface area contributed by atoms with Gasteiger partial charge in [0.1, 0.15) is 17.4 Å². The minimum atomic E-state index is -1.01. The minimum absolute atomic E-state index is 0.0675. The van der Waals surface area contributed by atoms with Gasteiger partial charge < -0.3 is 14.7 Å². The molecule has 5 nitrogen and oxygen atoms in total. The van der Waals surface area contributed by atoms with Gasteiger partial charge in [-0.15, -0.1) is 11.3 Å². The van der Waals surface area contributed by atoms with Crippen LogP contribution in [0.2, 0.25) is 0 Å². The van der Waals surface area contributed by atoms with Crippen LogP contribution in [0.1, 0.15) is 24.3 Å². The fourth-order valence-electron chi connectivity index (χ4n) is 2.09. The highest BCUT2D eigenvalue weighted by atomic mass is 32.1. The van der Waals surface area contributed by atoms with Crippen LogP contribution in [0, 0.1) is 0 Å². The number of aromatic nitrogens is 1. The van der Waals surface area contributed by atoms with E-state index in [0.29, 0.717) is 11.6 Å². The number of benzene rings is 1. The fraction of sp³-hybridized carbons (Fsp3) is 0.375. The minimum Gasteiger partial charge on any atom is -0.492 e. The molecule has 0 atom stereocenters. The predicted octanol–water partition coefficient (Wildman–Crippen LogP) is 3.23. The molecule has 2 aromatic rings. The quantitative estimate of drug-likeness (QED) is 0.809. The van der Waals surface area contributed by atoms with Crippen LogP contribution in [0.15, 0.2) is 29.6 Å². The van der Waals surface area contributed by atoms with E-state index in [2.05, 4.69) is 23.7 Å². The Morgan fingerprint density at radius 2 is 2.05 bits per heavy atom. The molecule has 0 saturated heterocycles. The van der Waals surface area contributed by atoms with E-state index in [0.717, 1.165) is 30.9 Å². The number of ether oxygens (including phenoxy) is 1. The number of hydrogen-bond donors (Lipinski definition) is 1. The lowest BCUT2D eigenvalue weighted by molar-refractivity contribution is 0.0691. The number of hydrogen-bond acceptors (Lipinski definition) is 5. The molecule has 0 bridgehead atoms. The molecule has 0 fully saturated rings. The zero-order chi connectivity index (χ0) is 15.9. The van der Waals surface area contributed by atoms with Crippen molar-refractivity contribution < 1.29 is 14.6 Å². The van der Waals surface area contributed by atoms with Crippen molar-refractivity contribution in [2.45, 2.75) is 13.8 Å². The lowest BCUT2D eigenvalue weighted by atomic mass is 10.2. The number of carboxylic acid groups (broad SMARTS) is 1. The first-order valence-electron chi connectivity index (χ1n) is 7.29. The van der Waals surface area contributed by atoms with Crippen LogP contribution in [-0.4, -0.2) is 47.2 Å². The van der Waals surface area contributed by atoms with E-state index in [1.54, 1.807) is 5.38 Å². The van der Waals surface area contributed by atoms with Crippen LogP contribution < -0.4 is 4.74 Å². The van der Waals surface area contributed by atoms with Gasteiger partial charge in [0.15, 0.2) is 5.69 Å². The Balaban J connectivity index is 2.11. The molecule has 0 aliphatic heterocycles. The Labute approximate surface area is 134 Å². The molecule has 1 heterocycles. The van der Waals surface area contributed by atoms with E-state index in [4.69, 9.17) is 9.84 Å². The smallest absolute Gasteiger partial charge is 0.355 e. The first-order valence-corrected chi connectivity index (χ1v) is 8.17. The molecule has 22 heavy (non-hydrogen) atoms. The summed E-state index contributed by atoms with van der Waals surface area (Å²) >= 11 is 1.31. The maximum atomic E-state index is 11.0. The summed E-state index contributed by atoms with van der Waals surface area (Å²) in [7, 11) is 0. The highest BCUT2D eigenvalue weighted by Gasteiger charge is 2.13. The number of carbonyl (C=O) groups is 1. The predicted molar refractivity (Wildman–Crippen MR) is 87.8 cm³/mol. The van der Waals surface area contributed by atoms with E-state index < -0.39 is 5.97 Å². The average molecular weight is 320 g/mol. The lowest BCUT2D eigenvalue weighted by Crippen LogP contribution is -2.27. The number of aromatic carboxylic acids is 1. The topological polar surface area (TPSA) is 62.7 Å². The highest BCUT2D eigenvalue weighted by Crippen LogP contribution is 2.32. The van der Waals surface area contributed by atoms with Gasteiger partial charge >= 0.3 is 5.97 Å². The largest absolute Gasteiger partial charge is 0.492 e. The molecule has 6 heteroatoms. The molecule has 118 valence electrons. The zero-order valence-corrected chi connectivity index (χ0v) is 13.6. The number of thiazole rings is 1. The second-order valence-electron chi connectivity index (χ2n) is 4.71. The van der Waals surface area contributed by atoms with Crippen molar-refractivity contribution in [2.75, 3.05) is 26.2 Å². The van der Waals surface area contributed by atoms with Crippen LogP contribution in [-0.2, 0) is 0 Å². The Bertz CT molecular complexity index is 623. The molecule has 0 amide bonds. The molecule has 2 rings (SSSR count). The first-order chi connectivity index (χ1) is 10.7. The van der Waals surface area contributed by atoms with Crippen molar-refractivity contribution in [2.24, 2.45) is 0 Å². The molecular formula is C16H20N2O3S. The number of likely N-dealkylation sites (N-methyl/N-ethyl adjacent to an activating group) is 1. The normalized spacial score (nSPS) is 10.9. The Kier molecular flexibility index (Phi) is 5.91. The molecule has 0 unspecified atom stereocenters. The highest BCUT2D eigenvalue weighted by molar-refractivity contribution is 7.13. The molecule has 1 aromatic heterocycles. The summed E-state index contributed by atoms with van der Waals surface area (Å²) < 4.78 is 5.87. The lowest BCUT2D eigenvalue weighted by Gasteiger charge is -2.18. The second-order valence-corrected chi connectivity index (χ2v) is 5.57. The second kappa shape index (κ2) is 7.91. The summed E-state index contributed by atoms with van der Waals surface area (Å²) in [5.41, 5.74) is 0.900. The van der Waals surface area contributed by atoms with Crippen molar-refractivity contribution in [1.82, 2.24) is 9.88 Å². The van der Waals surface area contributed by atoms with Gasteiger partial charge in [-0.1, -0.05) is 26.0 Å². The summed E-state index contributed by atoms with van der Waals surface area (Å²) in [4.78, 5) is 17.4. The monoisotopic (exact) mass is 320 g/mol. The number of rotatable bonds is 8. The Hall–Kier alpha value is -1.92. The van der Waals surface area contributed by atoms with Crippen molar-refractivity contribution in [3.05, 3.63) is 35.3 Å². The molecule has 0 aliphatic carbocycles. The van der Waals surface area contributed by atoms with E-state index in [1.807, 2.05) is 24.3 Å². The van der Waals surface area contributed by atoms with Crippen LogP contribution >= 0.6 is 11.3 Å². The van der Waals surface area contributed by atoms with Crippen molar-refractivity contribution >= 4 is 17.3 Å². The van der Waals surface area contributed by atoms with Crippen molar-refractivity contribution in [1.29, 1.82) is 0 Å². The third kappa shape index (κ3) is 4.05. The van der Waals surface area contributed by atoms with Gasteiger partial charge in [0, 0.05) is 11.9 Å². The molecule has 1 aromatic carbocycles.